The molecule has 0 aromatic carbocycles. The molecule has 3 nitrogen and oxygen atoms in total. The lowest BCUT2D eigenvalue weighted by Gasteiger charge is -2.45. The summed E-state index contributed by atoms with van der Waals surface area (Å²) in [6.45, 7) is 9.23. The van der Waals surface area contributed by atoms with E-state index in [1.807, 2.05) is 13.8 Å². The Balaban J connectivity index is 2.67. The summed E-state index contributed by atoms with van der Waals surface area (Å²) in [6, 6.07) is 0. The number of methoxy groups -OCH3 is 1. The maximum atomic E-state index is 10.7. The number of ether oxygens (including phenoxy) is 1. The van der Waals surface area contributed by atoms with Crippen molar-refractivity contribution in [2.24, 2.45) is 23.0 Å². The second kappa shape index (κ2) is 6.55. The van der Waals surface area contributed by atoms with Crippen LogP contribution in [0.1, 0.15) is 59.8 Å². The highest BCUT2D eigenvalue weighted by molar-refractivity contribution is 4.94. The number of aliphatic hydroxyl groups excluding tert-OH is 1. The lowest BCUT2D eigenvalue weighted by Crippen LogP contribution is -2.47. The van der Waals surface area contributed by atoms with Gasteiger partial charge >= 0.3 is 0 Å². The topological polar surface area (TPSA) is 55.5 Å². The first-order valence-electron chi connectivity index (χ1n) is 7.69. The number of hydrogen-bond acceptors (Lipinski definition) is 3. The molecule has 3 heteroatoms. The number of aliphatic hydroxyl groups is 1. The average Bonchev–Trinajstić information content (AvgIpc) is 2.38. The van der Waals surface area contributed by atoms with E-state index in [1.54, 1.807) is 7.11 Å². The van der Waals surface area contributed by atoms with Gasteiger partial charge in [0.1, 0.15) is 0 Å². The van der Waals surface area contributed by atoms with Crippen molar-refractivity contribution in [3.05, 3.63) is 0 Å². The van der Waals surface area contributed by atoms with E-state index in [9.17, 15) is 5.11 Å². The zero-order chi connectivity index (χ0) is 14.7. The molecule has 0 aromatic heterocycles. The molecule has 114 valence electrons. The van der Waals surface area contributed by atoms with E-state index in [0.717, 1.165) is 24.7 Å². The highest BCUT2D eigenvalue weighted by Crippen LogP contribution is 2.44. The van der Waals surface area contributed by atoms with Crippen molar-refractivity contribution >= 4 is 0 Å². The lowest BCUT2D eigenvalue weighted by molar-refractivity contribution is -0.0758. The predicted molar refractivity (Wildman–Crippen MR) is 80.0 cm³/mol. The van der Waals surface area contributed by atoms with Crippen molar-refractivity contribution in [1.29, 1.82) is 0 Å². The Bertz CT molecular complexity index is 268. The molecule has 1 rings (SSSR count). The molecule has 0 radical (unpaired) electrons. The minimum Gasteiger partial charge on any atom is -0.392 e. The summed E-state index contributed by atoms with van der Waals surface area (Å²) in [6.07, 6.45) is 4.78. The fraction of sp³-hybridized carbons (Fsp3) is 1.00. The van der Waals surface area contributed by atoms with E-state index in [4.69, 9.17) is 10.5 Å². The van der Waals surface area contributed by atoms with Gasteiger partial charge in [0.05, 0.1) is 11.7 Å². The number of hydrogen-bond donors (Lipinski definition) is 2. The van der Waals surface area contributed by atoms with Gasteiger partial charge in [0.25, 0.3) is 0 Å². The van der Waals surface area contributed by atoms with E-state index in [0.29, 0.717) is 13.0 Å². The van der Waals surface area contributed by atoms with Crippen LogP contribution in [0.3, 0.4) is 0 Å². The van der Waals surface area contributed by atoms with Crippen molar-refractivity contribution < 1.29 is 9.84 Å². The van der Waals surface area contributed by atoms with Crippen LogP contribution in [-0.4, -0.2) is 30.5 Å². The van der Waals surface area contributed by atoms with Crippen LogP contribution < -0.4 is 5.73 Å². The Morgan fingerprint density at radius 3 is 2.21 bits per heavy atom. The summed E-state index contributed by atoms with van der Waals surface area (Å²) in [7, 11) is 1.71. The van der Waals surface area contributed by atoms with Crippen LogP contribution >= 0.6 is 0 Å². The maximum absolute atomic E-state index is 10.7. The highest BCUT2D eigenvalue weighted by atomic mass is 16.5. The van der Waals surface area contributed by atoms with Crippen LogP contribution in [0.2, 0.25) is 0 Å². The van der Waals surface area contributed by atoms with Gasteiger partial charge < -0.3 is 15.6 Å². The standard InChI is InChI=1S/C16H33NO2/c1-12(2)13-6-8-16(11-17,9-7-13)14(18)10-15(3,4)19-5/h12-14,18H,6-11,17H2,1-5H3. The van der Waals surface area contributed by atoms with Crippen molar-refractivity contribution in [2.45, 2.75) is 71.5 Å². The Hall–Kier alpha value is -0.120. The molecule has 1 atom stereocenters. The summed E-state index contributed by atoms with van der Waals surface area (Å²) in [5.41, 5.74) is 5.64. The van der Waals surface area contributed by atoms with Crippen molar-refractivity contribution in [3.63, 3.8) is 0 Å². The summed E-state index contributed by atoms with van der Waals surface area (Å²) in [5.74, 6) is 1.53. The first-order valence-corrected chi connectivity index (χ1v) is 7.69. The van der Waals surface area contributed by atoms with Gasteiger partial charge in [0.2, 0.25) is 0 Å². The van der Waals surface area contributed by atoms with Gasteiger partial charge in [0.15, 0.2) is 0 Å². The van der Waals surface area contributed by atoms with E-state index in [-0.39, 0.29) is 17.1 Å². The van der Waals surface area contributed by atoms with Gasteiger partial charge in [-0.2, -0.15) is 0 Å². The third-order valence-electron chi connectivity index (χ3n) is 5.32. The fourth-order valence-corrected chi connectivity index (χ4v) is 3.32. The van der Waals surface area contributed by atoms with Crippen LogP contribution in [-0.2, 0) is 4.74 Å². The molecule has 0 spiro atoms. The van der Waals surface area contributed by atoms with Gasteiger partial charge in [-0.3, -0.25) is 0 Å². The van der Waals surface area contributed by atoms with Crippen LogP contribution in [0.15, 0.2) is 0 Å². The molecule has 0 amide bonds. The van der Waals surface area contributed by atoms with Gasteiger partial charge in [-0.05, 0) is 51.4 Å². The summed E-state index contributed by atoms with van der Waals surface area (Å²) < 4.78 is 5.45. The minimum atomic E-state index is -0.361. The molecule has 1 fully saturated rings. The van der Waals surface area contributed by atoms with Crippen molar-refractivity contribution in [3.8, 4) is 0 Å². The molecule has 0 saturated heterocycles. The van der Waals surface area contributed by atoms with Crippen LogP contribution in [0.5, 0.6) is 0 Å². The third kappa shape index (κ3) is 4.17. The lowest BCUT2D eigenvalue weighted by atomic mass is 9.64. The average molecular weight is 271 g/mol. The van der Waals surface area contributed by atoms with Gasteiger partial charge in [-0.15, -0.1) is 0 Å². The molecule has 0 bridgehead atoms. The zero-order valence-electron chi connectivity index (χ0n) is 13.4. The molecular formula is C16H33NO2. The molecule has 0 heterocycles. The Morgan fingerprint density at radius 2 is 1.84 bits per heavy atom. The third-order valence-corrected chi connectivity index (χ3v) is 5.32. The minimum absolute atomic E-state index is 0.0960. The Kier molecular flexibility index (Phi) is 5.84. The predicted octanol–water partition coefficient (Wildman–Crippen LogP) is 2.95. The molecule has 19 heavy (non-hydrogen) atoms. The molecule has 1 saturated carbocycles. The largest absolute Gasteiger partial charge is 0.392 e. The number of rotatable bonds is 6. The van der Waals surface area contributed by atoms with Crippen LogP contribution in [0.25, 0.3) is 0 Å². The molecule has 0 aromatic rings. The zero-order valence-corrected chi connectivity index (χ0v) is 13.4. The summed E-state index contributed by atoms with van der Waals surface area (Å²) in [5, 5.41) is 10.7. The van der Waals surface area contributed by atoms with Gasteiger partial charge in [-0.25, -0.2) is 0 Å². The number of nitrogens with two attached hydrogens (primary N) is 1. The quantitative estimate of drug-likeness (QED) is 0.781. The van der Waals surface area contributed by atoms with Crippen molar-refractivity contribution in [1.82, 2.24) is 0 Å². The Morgan fingerprint density at radius 1 is 1.32 bits per heavy atom. The first kappa shape index (κ1) is 16.9. The Labute approximate surface area is 118 Å². The first-order chi connectivity index (χ1) is 8.76. The second-order valence-electron chi connectivity index (χ2n) is 7.33. The van der Waals surface area contributed by atoms with Gasteiger partial charge in [-0.1, -0.05) is 13.8 Å². The normalized spacial score (nSPS) is 30.6. The monoisotopic (exact) mass is 271 g/mol. The van der Waals surface area contributed by atoms with E-state index < -0.39 is 0 Å². The summed E-state index contributed by atoms with van der Waals surface area (Å²) >= 11 is 0. The van der Waals surface area contributed by atoms with E-state index >= 15 is 0 Å². The molecule has 3 N–H and O–H groups in total. The maximum Gasteiger partial charge on any atom is 0.0647 e. The SMILES string of the molecule is COC(C)(C)CC(O)C1(CN)CCC(C(C)C)CC1. The molecule has 1 unspecified atom stereocenters. The molecular weight excluding hydrogens is 238 g/mol. The van der Waals surface area contributed by atoms with Crippen molar-refractivity contribution in [2.75, 3.05) is 13.7 Å². The van der Waals surface area contributed by atoms with Crippen LogP contribution in [0, 0.1) is 17.3 Å². The summed E-state index contributed by atoms with van der Waals surface area (Å²) in [4.78, 5) is 0. The molecule has 1 aliphatic carbocycles. The molecule has 1 aliphatic rings. The van der Waals surface area contributed by atoms with E-state index in [1.165, 1.54) is 12.8 Å². The molecule has 0 aliphatic heterocycles. The fourth-order valence-electron chi connectivity index (χ4n) is 3.32. The van der Waals surface area contributed by atoms with Crippen LogP contribution in [0.4, 0.5) is 0 Å². The van der Waals surface area contributed by atoms with Gasteiger partial charge in [0, 0.05) is 25.5 Å². The smallest absolute Gasteiger partial charge is 0.0647 e. The highest BCUT2D eigenvalue weighted by Gasteiger charge is 2.42. The second-order valence-corrected chi connectivity index (χ2v) is 7.33. The van der Waals surface area contributed by atoms with E-state index in [2.05, 4.69) is 13.8 Å².